The number of benzene rings is 2. The van der Waals surface area contributed by atoms with Gasteiger partial charge in [0, 0.05) is 5.56 Å². The summed E-state index contributed by atoms with van der Waals surface area (Å²) in [5.74, 6) is -1.34. The number of nitrogens with zero attached hydrogens (tertiary/aromatic N) is 2. The lowest BCUT2D eigenvalue weighted by atomic mass is 10.1. The lowest BCUT2D eigenvalue weighted by Gasteiger charge is -2.07. The van der Waals surface area contributed by atoms with Crippen molar-refractivity contribution in [3.63, 3.8) is 0 Å². The van der Waals surface area contributed by atoms with Crippen LogP contribution in [0.25, 0.3) is 5.69 Å². The zero-order chi connectivity index (χ0) is 17.1. The van der Waals surface area contributed by atoms with Crippen LogP contribution in [0.15, 0.2) is 60.8 Å². The van der Waals surface area contributed by atoms with Crippen LogP contribution in [0.2, 0.25) is 0 Å². The Morgan fingerprint density at radius 3 is 2.25 bits per heavy atom. The number of carbonyl (C=O) groups excluding carboxylic acids is 1. The van der Waals surface area contributed by atoms with E-state index in [2.05, 4.69) is 10.4 Å². The summed E-state index contributed by atoms with van der Waals surface area (Å²) >= 11 is 0. The molecule has 3 rings (SSSR count). The molecule has 0 aliphatic rings. The Kier molecular flexibility index (Phi) is 4.11. The third kappa shape index (κ3) is 3.03. The van der Waals surface area contributed by atoms with Crippen LogP contribution in [0.5, 0.6) is 0 Å². The minimum absolute atomic E-state index is 0.139. The van der Waals surface area contributed by atoms with Crippen LogP contribution in [-0.2, 0) is 0 Å². The molecule has 1 aromatic heterocycles. The highest BCUT2D eigenvalue weighted by molar-refractivity contribution is 6.05. The van der Waals surface area contributed by atoms with Crippen molar-refractivity contribution in [3.05, 3.63) is 77.6 Å². The predicted molar refractivity (Wildman–Crippen MR) is 89.7 cm³/mol. The largest absolute Gasteiger partial charge is 0.478 e. The molecule has 0 aliphatic carbocycles. The van der Waals surface area contributed by atoms with Gasteiger partial charge in [-0.25, -0.2) is 9.48 Å². The van der Waals surface area contributed by atoms with Crippen LogP contribution in [0.3, 0.4) is 0 Å². The Morgan fingerprint density at radius 2 is 1.62 bits per heavy atom. The van der Waals surface area contributed by atoms with Crippen molar-refractivity contribution in [3.8, 4) is 5.69 Å². The van der Waals surface area contributed by atoms with E-state index < -0.39 is 5.97 Å². The first kappa shape index (κ1) is 15.5. The molecule has 0 atom stereocenters. The van der Waals surface area contributed by atoms with Gasteiger partial charge in [-0.3, -0.25) is 4.79 Å². The Balaban J connectivity index is 1.80. The Hall–Kier alpha value is -3.41. The fraction of sp³-hybridized carbons (Fsp3) is 0.0556. The van der Waals surface area contributed by atoms with Gasteiger partial charge in [-0.15, -0.1) is 0 Å². The molecule has 0 unspecified atom stereocenters. The van der Waals surface area contributed by atoms with E-state index in [0.717, 1.165) is 11.4 Å². The summed E-state index contributed by atoms with van der Waals surface area (Å²) in [6.07, 6.45) is 1.59. The zero-order valence-corrected chi connectivity index (χ0v) is 12.9. The molecule has 24 heavy (non-hydrogen) atoms. The van der Waals surface area contributed by atoms with E-state index in [-0.39, 0.29) is 11.5 Å². The van der Waals surface area contributed by atoms with Gasteiger partial charge in [-0.2, -0.15) is 5.10 Å². The normalized spacial score (nSPS) is 10.4. The minimum Gasteiger partial charge on any atom is -0.478 e. The molecule has 1 amide bonds. The lowest BCUT2D eigenvalue weighted by Crippen LogP contribution is -2.13. The highest BCUT2D eigenvalue weighted by atomic mass is 16.4. The standard InChI is InChI=1S/C18H15N3O3/c1-12-16(11-19-21(12)15-5-3-2-4-6-15)20-17(22)13-7-9-14(10-8-13)18(23)24/h2-11H,1H3,(H,20,22)(H,23,24). The topological polar surface area (TPSA) is 84.2 Å². The van der Waals surface area contributed by atoms with Gasteiger partial charge in [-0.05, 0) is 43.3 Å². The monoisotopic (exact) mass is 321 g/mol. The fourth-order valence-electron chi connectivity index (χ4n) is 2.32. The molecule has 0 bridgehead atoms. The Bertz CT molecular complexity index is 884. The average Bonchev–Trinajstić information content (AvgIpc) is 2.96. The first-order valence-corrected chi connectivity index (χ1v) is 7.31. The van der Waals surface area contributed by atoms with E-state index in [0.29, 0.717) is 11.3 Å². The van der Waals surface area contributed by atoms with Crippen LogP contribution in [0.1, 0.15) is 26.4 Å². The average molecular weight is 321 g/mol. The first-order chi connectivity index (χ1) is 11.6. The summed E-state index contributed by atoms with van der Waals surface area (Å²) in [5.41, 5.74) is 2.83. The summed E-state index contributed by atoms with van der Waals surface area (Å²) in [7, 11) is 0. The van der Waals surface area contributed by atoms with Gasteiger partial charge in [0.1, 0.15) is 0 Å². The van der Waals surface area contributed by atoms with E-state index in [9.17, 15) is 9.59 Å². The number of carbonyl (C=O) groups is 2. The predicted octanol–water partition coefficient (Wildman–Crippen LogP) is 3.13. The van der Waals surface area contributed by atoms with Crippen molar-refractivity contribution in [2.24, 2.45) is 0 Å². The summed E-state index contributed by atoms with van der Waals surface area (Å²) in [5, 5.41) is 16.0. The van der Waals surface area contributed by atoms with Crippen molar-refractivity contribution in [1.82, 2.24) is 9.78 Å². The number of aromatic carboxylic acids is 1. The summed E-state index contributed by atoms with van der Waals surface area (Å²) in [6.45, 7) is 1.86. The fourth-order valence-corrected chi connectivity index (χ4v) is 2.32. The number of hydrogen-bond donors (Lipinski definition) is 2. The molecule has 0 saturated carbocycles. The minimum atomic E-state index is -1.03. The van der Waals surface area contributed by atoms with Gasteiger partial charge < -0.3 is 10.4 Å². The van der Waals surface area contributed by atoms with Crippen LogP contribution >= 0.6 is 0 Å². The number of para-hydroxylation sites is 1. The quantitative estimate of drug-likeness (QED) is 0.773. The number of anilines is 1. The number of carboxylic acid groups (broad SMARTS) is 1. The smallest absolute Gasteiger partial charge is 0.335 e. The molecular formula is C18H15N3O3. The van der Waals surface area contributed by atoms with Crippen LogP contribution in [0.4, 0.5) is 5.69 Å². The third-order valence-electron chi connectivity index (χ3n) is 3.65. The molecule has 2 aromatic carbocycles. The van der Waals surface area contributed by atoms with Crippen molar-refractivity contribution >= 4 is 17.6 Å². The summed E-state index contributed by atoms with van der Waals surface area (Å²) < 4.78 is 1.74. The van der Waals surface area contributed by atoms with Gasteiger partial charge in [0.25, 0.3) is 5.91 Å². The van der Waals surface area contributed by atoms with Gasteiger partial charge in [-0.1, -0.05) is 18.2 Å². The molecule has 1 heterocycles. The highest BCUT2D eigenvalue weighted by Crippen LogP contribution is 2.19. The molecule has 0 fully saturated rings. The number of aromatic nitrogens is 2. The molecular weight excluding hydrogens is 306 g/mol. The van der Waals surface area contributed by atoms with Gasteiger partial charge in [0.15, 0.2) is 0 Å². The number of nitrogens with one attached hydrogen (secondary N) is 1. The molecule has 0 radical (unpaired) electrons. The van der Waals surface area contributed by atoms with E-state index in [1.165, 1.54) is 24.3 Å². The SMILES string of the molecule is Cc1c(NC(=O)c2ccc(C(=O)O)cc2)cnn1-c1ccccc1. The molecule has 6 heteroatoms. The maximum atomic E-state index is 12.3. The van der Waals surface area contributed by atoms with Crippen molar-refractivity contribution in [2.75, 3.05) is 5.32 Å². The Labute approximate surface area is 138 Å². The second kappa shape index (κ2) is 6.37. The van der Waals surface area contributed by atoms with Crippen LogP contribution < -0.4 is 5.32 Å². The van der Waals surface area contributed by atoms with Crippen molar-refractivity contribution in [1.29, 1.82) is 0 Å². The second-order valence-corrected chi connectivity index (χ2v) is 5.23. The summed E-state index contributed by atoms with van der Waals surface area (Å²) in [6, 6.07) is 15.4. The van der Waals surface area contributed by atoms with Gasteiger partial charge >= 0.3 is 5.97 Å². The lowest BCUT2D eigenvalue weighted by molar-refractivity contribution is 0.0696. The maximum Gasteiger partial charge on any atom is 0.335 e. The molecule has 120 valence electrons. The molecule has 0 spiro atoms. The summed E-state index contributed by atoms with van der Waals surface area (Å²) in [4.78, 5) is 23.1. The first-order valence-electron chi connectivity index (χ1n) is 7.31. The van der Waals surface area contributed by atoms with E-state index in [1.807, 2.05) is 37.3 Å². The van der Waals surface area contributed by atoms with Gasteiger partial charge in [0.2, 0.25) is 0 Å². The zero-order valence-electron chi connectivity index (χ0n) is 12.9. The van der Waals surface area contributed by atoms with Crippen molar-refractivity contribution < 1.29 is 14.7 Å². The van der Waals surface area contributed by atoms with E-state index >= 15 is 0 Å². The van der Waals surface area contributed by atoms with Crippen molar-refractivity contribution in [2.45, 2.75) is 6.92 Å². The Morgan fingerprint density at radius 1 is 1.00 bits per heavy atom. The molecule has 6 nitrogen and oxygen atoms in total. The number of hydrogen-bond acceptors (Lipinski definition) is 3. The molecule has 0 saturated heterocycles. The van der Waals surface area contributed by atoms with Crippen LogP contribution in [0, 0.1) is 6.92 Å². The van der Waals surface area contributed by atoms with E-state index in [1.54, 1.807) is 10.9 Å². The number of amides is 1. The second-order valence-electron chi connectivity index (χ2n) is 5.23. The van der Waals surface area contributed by atoms with E-state index in [4.69, 9.17) is 5.11 Å². The molecule has 0 aliphatic heterocycles. The number of carboxylic acids is 1. The maximum absolute atomic E-state index is 12.3. The van der Waals surface area contributed by atoms with Crippen LogP contribution in [-0.4, -0.2) is 26.8 Å². The highest BCUT2D eigenvalue weighted by Gasteiger charge is 2.13. The van der Waals surface area contributed by atoms with Gasteiger partial charge in [0.05, 0.1) is 28.8 Å². The molecule has 2 N–H and O–H groups in total. The third-order valence-corrected chi connectivity index (χ3v) is 3.65. The molecule has 3 aromatic rings. The number of rotatable bonds is 4.